The molecule has 0 saturated carbocycles. The molecule has 1 fully saturated rings. The minimum atomic E-state index is -0.0311. The van der Waals surface area contributed by atoms with Gasteiger partial charge in [0, 0.05) is 6.54 Å². The quantitative estimate of drug-likeness (QED) is 0.209. The molecule has 0 N–H and O–H groups in total. The van der Waals surface area contributed by atoms with E-state index in [0.717, 1.165) is 14.7 Å². The lowest BCUT2D eigenvalue weighted by molar-refractivity contribution is -0.122. The minimum absolute atomic E-state index is 0.0311. The maximum absolute atomic E-state index is 12.8. The van der Waals surface area contributed by atoms with E-state index in [1.165, 1.54) is 17.3 Å². The molecule has 0 unspecified atom stereocenters. The summed E-state index contributed by atoms with van der Waals surface area (Å²) in [5.74, 6) is 1.71. The summed E-state index contributed by atoms with van der Waals surface area (Å²) in [6, 6.07) is 12.2. The van der Waals surface area contributed by atoms with Gasteiger partial charge >= 0.3 is 0 Å². The fourth-order valence-electron chi connectivity index (χ4n) is 3.09. The number of amides is 1. The maximum Gasteiger partial charge on any atom is 0.266 e. The first kappa shape index (κ1) is 24.1. The van der Waals surface area contributed by atoms with Crippen LogP contribution in [0.25, 0.3) is 6.08 Å². The third-order valence-corrected chi connectivity index (χ3v) is 6.73. The number of thiocarbonyl (C=S) groups is 1. The average Bonchev–Trinajstić information content (AvgIpc) is 2.96. The highest BCUT2D eigenvalue weighted by Gasteiger charge is 2.32. The Kier molecular flexibility index (Phi) is 8.41. The second-order valence-electron chi connectivity index (χ2n) is 7.72. The van der Waals surface area contributed by atoms with E-state index in [1.54, 1.807) is 4.90 Å². The van der Waals surface area contributed by atoms with Crippen LogP contribution in [0, 0.1) is 16.4 Å². The highest BCUT2D eigenvalue weighted by molar-refractivity contribution is 14.1. The first-order valence-electron chi connectivity index (χ1n) is 10.2. The second-order valence-corrected chi connectivity index (χ2v) is 10.6. The van der Waals surface area contributed by atoms with Crippen LogP contribution in [-0.2, 0) is 11.4 Å². The van der Waals surface area contributed by atoms with E-state index in [9.17, 15) is 4.79 Å². The van der Waals surface area contributed by atoms with Crippen LogP contribution in [0.1, 0.15) is 37.5 Å². The summed E-state index contributed by atoms with van der Waals surface area (Å²) in [6.07, 6.45) is 1.88. The van der Waals surface area contributed by atoms with Gasteiger partial charge in [-0.1, -0.05) is 67.7 Å². The molecule has 2 aromatic carbocycles. The lowest BCUT2D eigenvalue weighted by Gasteiger charge is -2.16. The Morgan fingerprint density at radius 3 is 2.55 bits per heavy atom. The van der Waals surface area contributed by atoms with E-state index >= 15 is 0 Å². The van der Waals surface area contributed by atoms with Gasteiger partial charge in [0.1, 0.15) is 10.9 Å². The lowest BCUT2D eigenvalue weighted by Crippen LogP contribution is -2.31. The molecule has 0 spiro atoms. The monoisotopic (exact) mass is 567 g/mol. The molecular weight excluding hydrogens is 541 g/mol. The van der Waals surface area contributed by atoms with E-state index in [1.807, 2.05) is 25.1 Å². The summed E-state index contributed by atoms with van der Waals surface area (Å²) >= 11 is 9.02. The molecule has 0 radical (unpaired) electrons. The van der Waals surface area contributed by atoms with Crippen molar-refractivity contribution in [1.82, 2.24) is 4.90 Å². The molecule has 2 aromatic rings. The van der Waals surface area contributed by atoms with Gasteiger partial charge < -0.3 is 9.47 Å². The first-order chi connectivity index (χ1) is 14.8. The van der Waals surface area contributed by atoms with Gasteiger partial charge in [-0.2, -0.15) is 0 Å². The fraction of sp³-hybridized carbons (Fsp3) is 0.333. The molecular formula is C24H26INO3S2. The molecule has 7 heteroatoms. The minimum Gasteiger partial charge on any atom is -0.490 e. The van der Waals surface area contributed by atoms with Crippen LogP contribution in [0.5, 0.6) is 11.5 Å². The van der Waals surface area contributed by atoms with Gasteiger partial charge in [-0.05, 0) is 71.7 Å². The molecule has 3 rings (SSSR count). The zero-order valence-corrected chi connectivity index (χ0v) is 21.9. The normalized spacial score (nSPS) is 15.3. The van der Waals surface area contributed by atoms with Crippen molar-refractivity contribution in [1.29, 1.82) is 0 Å². The Bertz CT molecular complexity index is 1000. The lowest BCUT2D eigenvalue weighted by atomic mass is 10.1. The number of rotatable bonds is 8. The zero-order chi connectivity index (χ0) is 22.5. The average molecular weight is 568 g/mol. The molecule has 1 aliphatic heterocycles. The zero-order valence-electron chi connectivity index (χ0n) is 18.1. The van der Waals surface area contributed by atoms with Crippen LogP contribution >= 0.6 is 46.6 Å². The number of thioether (sulfide) groups is 1. The van der Waals surface area contributed by atoms with Gasteiger partial charge in [0.05, 0.1) is 15.1 Å². The number of carbonyl (C=O) groups is 1. The van der Waals surface area contributed by atoms with E-state index in [0.29, 0.717) is 46.4 Å². The Hall–Kier alpha value is -1.58. The van der Waals surface area contributed by atoms with Gasteiger partial charge in [0.15, 0.2) is 11.5 Å². The summed E-state index contributed by atoms with van der Waals surface area (Å²) in [6.45, 7) is 9.79. The molecule has 0 aliphatic carbocycles. The summed E-state index contributed by atoms with van der Waals surface area (Å²) in [4.78, 5) is 15.1. The molecule has 164 valence electrons. The van der Waals surface area contributed by atoms with Crippen LogP contribution in [-0.4, -0.2) is 28.3 Å². The van der Waals surface area contributed by atoms with Gasteiger partial charge in [-0.3, -0.25) is 9.69 Å². The van der Waals surface area contributed by atoms with Crippen LogP contribution in [0.3, 0.4) is 0 Å². The maximum atomic E-state index is 12.8. The van der Waals surface area contributed by atoms with Crippen molar-refractivity contribution in [3.8, 4) is 11.5 Å². The van der Waals surface area contributed by atoms with Gasteiger partial charge in [-0.25, -0.2) is 0 Å². The van der Waals surface area contributed by atoms with Crippen molar-refractivity contribution in [2.75, 3.05) is 13.2 Å². The molecule has 1 amide bonds. The van der Waals surface area contributed by atoms with E-state index in [-0.39, 0.29) is 5.91 Å². The van der Waals surface area contributed by atoms with Crippen LogP contribution in [0.2, 0.25) is 0 Å². The van der Waals surface area contributed by atoms with Crippen molar-refractivity contribution in [2.45, 2.75) is 34.3 Å². The SMILES string of the molecule is CCOc1cc(/C=C2\SC(=S)N(CC(C)C)C2=O)cc(I)c1OCc1ccc(C)cc1. The fourth-order valence-corrected chi connectivity index (χ4v) is 5.14. The number of ether oxygens (including phenoxy) is 2. The molecule has 1 aliphatic rings. The Balaban J connectivity index is 1.84. The van der Waals surface area contributed by atoms with Crippen LogP contribution in [0.4, 0.5) is 0 Å². The summed E-state index contributed by atoms with van der Waals surface area (Å²) in [5, 5.41) is 0. The topological polar surface area (TPSA) is 38.8 Å². The number of carbonyl (C=O) groups excluding carboxylic acids is 1. The Labute approximate surface area is 207 Å². The van der Waals surface area contributed by atoms with Crippen molar-refractivity contribution < 1.29 is 14.3 Å². The van der Waals surface area contributed by atoms with Crippen molar-refractivity contribution in [2.24, 2.45) is 5.92 Å². The number of halogens is 1. The third kappa shape index (κ3) is 6.23. The number of nitrogens with zero attached hydrogens (tertiary/aromatic N) is 1. The molecule has 0 bridgehead atoms. The van der Waals surface area contributed by atoms with Crippen molar-refractivity contribution in [3.05, 3.63) is 61.6 Å². The van der Waals surface area contributed by atoms with Gasteiger partial charge in [0.2, 0.25) is 0 Å². The Morgan fingerprint density at radius 1 is 1.19 bits per heavy atom. The predicted octanol–water partition coefficient (Wildman–Crippen LogP) is 6.43. The molecule has 1 saturated heterocycles. The highest BCUT2D eigenvalue weighted by atomic mass is 127. The molecule has 4 nitrogen and oxygen atoms in total. The van der Waals surface area contributed by atoms with E-state index in [4.69, 9.17) is 21.7 Å². The second kappa shape index (κ2) is 10.8. The van der Waals surface area contributed by atoms with Crippen molar-refractivity contribution >= 4 is 62.9 Å². The molecule has 31 heavy (non-hydrogen) atoms. The number of aryl methyl sites for hydroxylation is 1. The summed E-state index contributed by atoms with van der Waals surface area (Å²) < 4.78 is 13.5. The van der Waals surface area contributed by atoms with E-state index < -0.39 is 0 Å². The number of hydrogen-bond acceptors (Lipinski definition) is 5. The third-order valence-electron chi connectivity index (χ3n) is 4.55. The van der Waals surface area contributed by atoms with Gasteiger partial charge in [-0.15, -0.1) is 0 Å². The van der Waals surface area contributed by atoms with Gasteiger partial charge in [0.25, 0.3) is 5.91 Å². The predicted molar refractivity (Wildman–Crippen MR) is 141 cm³/mol. The highest BCUT2D eigenvalue weighted by Crippen LogP contribution is 2.38. The largest absolute Gasteiger partial charge is 0.490 e. The smallest absolute Gasteiger partial charge is 0.266 e. The van der Waals surface area contributed by atoms with E-state index in [2.05, 4.69) is 67.6 Å². The number of hydrogen-bond donors (Lipinski definition) is 0. The van der Waals surface area contributed by atoms with Crippen molar-refractivity contribution in [3.63, 3.8) is 0 Å². The first-order valence-corrected chi connectivity index (χ1v) is 12.5. The number of benzene rings is 2. The van der Waals surface area contributed by atoms with Crippen LogP contribution in [0.15, 0.2) is 41.3 Å². The molecule has 0 atom stereocenters. The standard InChI is InChI=1S/C24H26INO3S2/c1-5-28-20-11-18(12-21-23(27)26(13-15(2)3)24(30)31-21)10-19(25)22(20)29-14-17-8-6-16(4)7-9-17/h6-12,15H,5,13-14H2,1-4H3/b21-12-. The van der Waals surface area contributed by atoms with Crippen LogP contribution < -0.4 is 9.47 Å². The molecule has 0 aromatic heterocycles. The molecule has 1 heterocycles. The summed E-state index contributed by atoms with van der Waals surface area (Å²) in [7, 11) is 0. The Morgan fingerprint density at radius 2 is 1.90 bits per heavy atom. The summed E-state index contributed by atoms with van der Waals surface area (Å²) in [5.41, 5.74) is 3.21.